The van der Waals surface area contributed by atoms with Crippen LogP contribution in [0.15, 0.2) is 48.7 Å². The molecule has 0 unspecified atom stereocenters. The lowest BCUT2D eigenvalue weighted by Gasteiger charge is -2.13. The molecular formula is C24H26N4O2. The van der Waals surface area contributed by atoms with Crippen LogP contribution in [0.4, 0.5) is 17.2 Å². The van der Waals surface area contributed by atoms with Crippen molar-refractivity contribution in [3.63, 3.8) is 0 Å². The molecule has 1 aromatic carbocycles. The minimum atomic E-state index is 0.146. The maximum Gasteiger partial charge on any atom is 0.212 e. The summed E-state index contributed by atoms with van der Waals surface area (Å²) in [5.41, 5.74) is 5.05. The highest BCUT2D eigenvalue weighted by molar-refractivity contribution is 6.07. The lowest BCUT2D eigenvalue weighted by atomic mass is 9.95. The fraction of sp³-hybridized carbons (Fsp3) is 0.292. The molecule has 0 aliphatic heterocycles. The molecule has 2 aliphatic carbocycles. The second-order valence-electron chi connectivity index (χ2n) is 7.87. The topological polar surface area (TPSA) is 86.9 Å². The molecule has 3 aromatic rings. The fourth-order valence-electron chi connectivity index (χ4n) is 3.50. The Hall–Kier alpha value is -3.41. The standard InChI is InChI=1S/C20H18N4O2.C4H8/c25-12-22-17-11-13(9-10-21-17)19-20(23-14-5-2-1-3-6-14)18-15(24-19)7-4-8-16(18)26;1-4-2-3-4/h1-3,5-6,9-12,23-24H,4,7-8H2,(H,21,22,25);4H,2-3H2,1H3. The Morgan fingerprint density at radius 3 is 2.60 bits per heavy atom. The number of hydrogen-bond acceptors (Lipinski definition) is 4. The maximum atomic E-state index is 12.6. The van der Waals surface area contributed by atoms with Gasteiger partial charge in [-0.3, -0.25) is 9.59 Å². The van der Waals surface area contributed by atoms with Crippen LogP contribution in [0.2, 0.25) is 0 Å². The normalized spacial score (nSPS) is 14.9. The smallest absolute Gasteiger partial charge is 0.212 e. The number of amides is 1. The van der Waals surface area contributed by atoms with Crippen LogP contribution in [0.25, 0.3) is 11.3 Å². The lowest BCUT2D eigenvalue weighted by molar-refractivity contribution is -0.105. The Balaban J connectivity index is 0.000000489. The van der Waals surface area contributed by atoms with Gasteiger partial charge in [0.15, 0.2) is 5.78 Å². The first-order valence-corrected chi connectivity index (χ1v) is 10.4. The second-order valence-corrected chi connectivity index (χ2v) is 7.87. The number of nitrogens with zero attached hydrogens (tertiary/aromatic N) is 1. The summed E-state index contributed by atoms with van der Waals surface area (Å²) in [6.07, 6.45) is 7.45. The third kappa shape index (κ3) is 4.59. The Kier molecular flexibility index (Phi) is 5.93. The predicted octanol–water partition coefficient (Wildman–Crippen LogP) is 5.32. The molecule has 0 radical (unpaired) electrons. The van der Waals surface area contributed by atoms with Gasteiger partial charge in [0.05, 0.1) is 16.9 Å². The molecule has 0 saturated heterocycles. The van der Waals surface area contributed by atoms with E-state index in [2.05, 4.69) is 27.5 Å². The van der Waals surface area contributed by atoms with Gasteiger partial charge in [-0.1, -0.05) is 38.0 Å². The first-order valence-electron chi connectivity index (χ1n) is 10.4. The van der Waals surface area contributed by atoms with Crippen molar-refractivity contribution in [2.75, 3.05) is 10.6 Å². The molecule has 6 heteroatoms. The number of ketones is 1. The molecule has 2 aliphatic rings. The van der Waals surface area contributed by atoms with Crippen molar-refractivity contribution in [1.29, 1.82) is 0 Å². The number of H-pyrrole nitrogens is 1. The Morgan fingerprint density at radius 1 is 1.13 bits per heavy atom. The quantitative estimate of drug-likeness (QED) is 0.504. The molecule has 1 saturated carbocycles. The zero-order valence-electron chi connectivity index (χ0n) is 17.1. The summed E-state index contributed by atoms with van der Waals surface area (Å²) in [5.74, 6) is 1.69. The summed E-state index contributed by atoms with van der Waals surface area (Å²) in [7, 11) is 0. The number of carbonyl (C=O) groups excluding carboxylic acids is 2. The number of fused-ring (bicyclic) bond motifs is 1. The molecule has 1 amide bonds. The average Bonchev–Trinajstić information content (AvgIpc) is 3.45. The third-order valence-corrected chi connectivity index (χ3v) is 5.35. The number of aromatic amines is 1. The number of rotatable bonds is 5. The van der Waals surface area contributed by atoms with Crippen LogP contribution in [0.3, 0.4) is 0 Å². The SMILES string of the molecule is CC1CC1.O=CNc1cc(-c2[nH]c3c(c2Nc2ccccc2)C(=O)CCC3)ccn1. The van der Waals surface area contributed by atoms with Crippen molar-refractivity contribution < 1.29 is 9.59 Å². The van der Waals surface area contributed by atoms with Gasteiger partial charge >= 0.3 is 0 Å². The van der Waals surface area contributed by atoms with Gasteiger partial charge in [-0.2, -0.15) is 0 Å². The number of benzene rings is 1. The van der Waals surface area contributed by atoms with Crippen LogP contribution in [0.5, 0.6) is 0 Å². The van der Waals surface area contributed by atoms with E-state index in [-0.39, 0.29) is 5.78 Å². The highest BCUT2D eigenvalue weighted by atomic mass is 16.1. The fourth-order valence-corrected chi connectivity index (χ4v) is 3.50. The van der Waals surface area contributed by atoms with E-state index in [1.165, 1.54) is 12.8 Å². The first kappa shape index (κ1) is 19.9. The molecule has 154 valence electrons. The Labute approximate surface area is 176 Å². The summed E-state index contributed by atoms with van der Waals surface area (Å²) < 4.78 is 0. The van der Waals surface area contributed by atoms with E-state index in [1.54, 1.807) is 12.3 Å². The number of nitrogens with one attached hydrogen (secondary N) is 3. The van der Waals surface area contributed by atoms with Crippen LogP contribution in [0, 0.1) is 5.92 Å². The number of anilines is 3. The molecule has 0 atom stereocenters. The van der Waals surface area contributed by atoms with Gasteiger partial charge in [-0.25, -0.2) is 4.98 Å². The van der Waals surface area contributed by atoms with Gasteiger partial charge in [0.25, 0.3) is 0 Å². The van der Waals surface area contributed by atoms with Crippen LogP contribution in [0.1, 0.15) is 48.7 Å². The molecule has 2 heterocycles. The number of Topliss-reactive ketones (excluding diaryl/α,β-unsaturated/α-hetero) is 1. The summed E-state index contributed by atoms with van der Waals surface area (Å²) in [6.45, 7) is 2.28. The zero-order chi connectivity index (χ0) is 20.9. The molecule has 0 spiro atoms. The van der Waals surface area contributed by atoms with Crippen molar-refractivity contribution >= 4 is 29.4 Å². The number of pyridine rings is 1. The second kappa shape index (κ2) is 8.95. The lowest BCUT2D eigenvalue weighted by Crippen LogP contribution is -2.10. The van der Waals surface area contributed by atoms with Crippen LogP contribution < -0.4 is 10.6 Å². The highest BCUT2D eigenvalue weighted by Crippen LogP contribution is 2.39. The van der Waals surface area contributed by atoms with E-state index in [0.717, 1.165) is 52.6 Å². The molecule has 1 fully saturated rings. The van der Waals surface area contributed by atoms with E-state index in [1.807, 2.05) is 36.4 Å². The first-order chi connectivity index (χ1) is 14.7. The van der Waals surface area contributed by atoms with Crippen molar-refractivity contribution in [1.82, 2.24) is 9.97 Å². The van der Waals surface area contributed by atoms with Crippen LogP contribution in [-0.2, 0) is 11.2 Å². The Morgan fingerprint density at radius 2 is 1.90 bits per heavy atom. The minimum Gasteiger partial charge on any atom is -0.356 e. The highest BCUT2D eigenvalue weighted by Gasteiger charge is 2.27. The van der Waals surface area contributed by atoms with E-state index in [9.17, 15) is 9.59 Å². The largest absolute Gasteiger partial charge is 0.356 e. The van der Waals surface area contributed by atoms with Gasteiger partial charge in [0.2, 0.25) is 6.41 Å². The number of carbonyl (C=O) groups is 2. The van der Waals surface area contributed by atoms with Gasteiger partial charge in [-0.15, -0.1) is 0 Å². The third-order valence-electron chi connectivity index (χ3n) is 5.35. The molecule has 2 aromatic heterocycles. The summed E-state index contributed by atoms with van der Waals surface area (Å²) >= 11 is 0. The molecule has 0 bridgehead atoms. The van der Waals surface area contributed by atoms with Crippen molar-refractivity contribution in [2.24, 2.45) is 5.92 Å². The van der Waals surface area contributed by atoms with Crippen molar-refractivity contribution in [3.05, 3.63) is 59.9 Å². The summed E-state index contributed by atoms with van der Waals surface area (Å²) in [6, 6.07) is 13.4. The van der Waals surface area contributed by atoms with Gasteiger partial charge in [0.1, 0.15) is 5.82 Å². The molecular weight excluding hydrogens is 376 g/mol. The predicted molar refractivity (Wildman–Crippen MR) is 119 cm³/mol. The van der Waals surface area contributed by atoms with Gasteiger partial charge in [0, 0.05) is 29.6 Å². The van der Waals surface area contributed by atoms with Crippen LogP contribution in [-0.4, -0.2) is 22.2 Å². The summed E-state index contributed by atoms with van der Waals surface area (Å²) in [4.78, 5) is 30.8. The molecule has 5 rings (SSSR count). The van der Waals surface area contributed by atoms with Gasteiger partial charge < -0.3 is 15.6 Å². The monoisotopic (exact) mass is 402 g/mol. The van der Waals surface area contributed by atoms with E-state index >= 15 is 0 Å². The Bertz CT molecular complexity index is 1040. The molecule has 3 N–H and O–H groups in total. The average molecular weight is 402 g/mol. The molecule has 6 nitrogen and oxygen atoms in total. The number of aromatic nitrogens is 2. The number of para-hydroxylation sites is 1. The van der Waals surface area contributed by atoms with E-state index in [4.69, 9.17) is 0 Å². The molecule has 30 heavy (non-hydrogen) atoms. The minimum absolute atomic E-state index is 0.146. The summed E-state index contributed by atoms with van der Waals surface area (Å²) in [5, 5.41) is 5.96. The maximum absolute atomic E-state index is 12.6. The zero-order valence-corrected chi connectivity index (χ0v) is 17.1. The van der Waals surface area contributed by atoms with E-state index in [0.29, 0.717) is 18.6 Å². The number of aryl methyl sites for hydroxylation is 1. The van der Waals surface area contributed by atoms with Crippen molar-refractivity contribution in [3.8, 4) is 11.3 Å². The van der Waals surface area contributed by atoms with Crippen molar-refractivity contribution in [2.45, 2.75) is 39.0 Å². The van der Waals surface area contributed by atoms with Crippen LogP contribution >= 0.6 is 0 Å². The van der Waals surface area contributed by atoms with E-state index < -0.39 is 0 Å². The van der Waals surface area contributed by atoms with Gasteiger partial charge in [-0.05, 0) is 43.0 Å². The number of hydrogen-bond donors (Lipinski definition) is 3.